The first kappa shape index (κ1) is 16.7. The van der Waals surface area contributed by atoms with Gasteiger partial charge in [-0.05, 0) is 54.1 Å². The van der Waals surface area contributed by atoms with E-state index in [2.05, 4.69) is 5.32 Å². The number of hydrogen-bond donors (Lipinski definition) is 2. The minimum atomic E-state index is -0.862. The van der Waals surface area contributed by atoms with Crippen LogP contribution in [0.4, 0.5) is 10.1 Å². The molecular weight excluding hydrogens is 325 g/mol. The van der Waals surface area contributed by atoms with E-state index in [-0.39, 0.29) is 24.1 Å². The van der Waals surface area contributed by atoms with Crippen molar-refractivity contribution in [2.75, 3.05) is 11.9 Å². The van der Waals surface area contributed by atoms with Crippen molar-refractivity contribution in [2.24, 2.45) is 0 Å². The molecule has 0 radical (unpaired) electrons. The highest BCUT2D eigenvalue weighted by Gasteiger charge is 2.10. The molecule has 128 valence electrons. The molecule has 0 saturated carbocycles. The fourth-order valence-corrected chi connectivity index (χ4v) is 2.19. The third-order valence-electron chi connectivity index (χ3n) is 3.52. The lowest BCUT2D eigenvalue weighted by Crippen LogP contribution is -2.11. The van der Waals surface area contributed by atoms with E-state index in [4.69, 9.17) is 9.15 Å². The van der Waals surface area contributed by atoms with Gasteiger partial charge in [-0.1, -0.05) is 12.1 Å². The summed E-state index contributed by atoms with van der Waals surface area (Å²) in [6, 6.07) is 15.5. The van der Waals surface area contributed by atoms with Gasteiger partial charge in [0.25, 0.3) is 5.91 Å². The van der Waals surface area contributed by atoms with Gasteiger partial charge in [-0.2, -0.15) is 0 Å². The molecule has 2 N–H and O–H groups in total. The molecule has 3 rings (SSSR count). The Balaban J connectivity index is 1.54. The number of ether oxygens (including phenoxy) is 1. The summed E-state index contributed by atoms with van der Waals surface area (Å²) in [6.45, 7) is 0.0315. The lowest BCUT2D eigenvalue weighted by Gasteiger charge is -2.13. The lowest BCUT2D eigenvalue weighted by molar-refractivity contribution is 0.0996. The molecule has 0 saturated heterocycles. The molecule has 6 heteroatoms. The molecule has 1 amide bonds. The number of aliphatic hydroxyl groups excluding tert-OH is 1. The first-order valence-corrected chi connectivity index (χ1v) is 7.63. The van der Waals surface area contributed by atoms with E-state index in [0.29, 0.717) is 17.0 Å². The van der Waals surface area contributed by atoms with Gasteiger partial charge in [0.15, 0.2) is 5.76 Å². The van der Waals surface area contributed by atoms with Gasteiger partial charge in [-0.15, -0.1) is 0 Å². The van der Waals surface area contributed by atoms with Crippen molar-refractivity contribution < 1.29 is 23.4 Å². The molecule has 0 fully saturated rings. The monoisotopic (exact) mass is 341 g/mol. The SMILES string of the molecule is O=C(Nc1ccc(OC[C@H](O)c2ccc(F)cc2)cc1)c1ccco1. The number of furan rings is 1. The Bertz CT molecular complexity index is 814. The van der Waals surface area contributed by atoms with Crippen LogP contribution in [-0.4, -0.2) is 17.6 Å². The topological polar surface area (TPSA) is 71.7 Å². The summed E-state index contributed by atoms with van der Waals surface area (Å²) in [5.41, 5.74) is 1.16. The van der Waals surface area contributed by atoms with E-state index in [1.54, 1.807) is 36.4 Å². The molecule has 1 aromatic heterocycles. The molecule has 1 heterocycles. The van der Waals surface area contributed by atoms with Crippen LogP contribution < -0.4 is 10.1 Å². The average molecular weight is 341 g/mol. The van der Waals surface area contributed by atoms with Gasteiger partial charge in [0.1, 0.15) is 24.3 Å². The number of halogens is 1. The fraction of sp³-hybridized carbons (Fsp3) is 0.105. The molecule has 0 aliphatic rings. The minimum Gasteiger partial charge on any atom is -0.491 e. The van der Waals surface area contributed by atoms with E-state index in [0.717, 1.165) is 0 Å². The number of hydrogen-bond acceptors (Lipinski definition) is 4. The summed E-state index contributed by atoms with van der Waals surface area (Å²) >= 11 is 0. The largest absolute Gasteiger partial charge is 0.491 e. The number of aliphatic hydroxyl groups is 1. The number of anilines is 1. The van der Waals surface area contributed by atoms with Gasteiger partial charge in [0.05, 0.1) is 6.26 Å². The second kappa shape index (κ2) is 7.63. The maximum atomic E-state index is 12.9. The fourth-order valence-electron chi connectivity index (χ4n) is 2.19. The molecule has 25 heavy (non-hydrogen) atoms. The average Bonchev–Trinajstić information content (AvgIpc) is 3.16. The van der Waals surface area contributed by atoms with Crippen LogP contribution in [0, 0.1) is 5.82 Å². The smallest absolute Gasteiger partial charge is 0.291 e. The van der Waals surface area contributed by atoms with Crippen LogP contribution in [-0.2, 0) is 0 Å². The zero-order valence-electron chi connectivity index (χ0n) is 13.2. The number of benzene rings is 2. The highest BCUT2D eigenvalue weighted by Crippen LogP contribution is 2.19. The maximum Gasteiger partial charge on any atom is 0.291 e. The number of amides is 1. The summed E-state index contributed by atoms with van der Waals surface area (Å²) in [5, 5.41) is 12.7. The molecule has 0 aliphatic carbocycles. The Morgan fingerprint density at radius 1 is 1.12 bits per heavy atom. The van der Waals surface area contributed by atoms with Crippen LogP contribution in [0.5, 0.6) is 5.75 Å². The van der Waals surface area contributed by atoms with Crippen molar-refractivity contribution in [1.29, 1.82) is 0 Å². The molecular formula is C19H16FNO4. The Morgan fingerprint density at radius 2 is 1.84 bits per heavy atom. The van der Waals surface area contributed by atoms with Crippen molar-refractivity contribution in [3.8, 4) is 5.75 Å². The van der Waals surface area contributed by atoms with Crippen LogP contribution >= 0.6 is 0 Å². The van der Waals surface area contributed by atoms with Crippen molar-refractivity contribution in [3.63, 3.8) is 0 Å². The zero-order valence-corrected chi connectivity index (χ0v) is 13.2. The quantitative estimate of drug-likeness (QED) is 0.716. The van der Waals surface area contributed by atoms with Gasteiger partial charge in [0.2, 0.25) is 0 Å². The molecule has 0 bridgehead atoms. The summed E-state index contributed by atoms with van der Waals surface area (Å²) in [7, 11) is 0. The van der Waals surface area contributed by atoms with Crippen molar-refractivity contribution in [3.05, 3.63) is 84.1 Å². The Kier molecular flexibility index (Phi) is 5.11. The van der Waals surface area contributed by atoms with E-state index >= 15 is 0 Å². The number of nitrogens with one attached hydrogen (secondary N) is 1. The molecule has 2 aromatic carbocycles. The van der Waals surface area contributed by atoms with Crippen molar-refractivity contribution in [2.45, 2.75) is 6.10 Å². The molecule has 1 atom stereocenters. The summed E-state index contributed by atoms with van der Waals surface area (Å²) in [5.74, 6) is 0.0642. The first-order chi connectivity index (χ1) is 12.1. The van der Waals surface area contributed by atoms with E-state index in [9.17, 15) is 14.3 Å². The molecule has 0 unspecified atom stereocenters. The molecule has 3 aromatic rings. The van der Waals surface area contributed by atoms with Gasteiger partial charge < -0.3 is 19.6 Å². The lowest BCUT2D eigenvalue weighted by atomic mass is 10.1. The first-order valence-electron chi connectivity index (χ1n) is 7.63. The van der Waals surface area contributed by atoms with Gasteiger partial charge in [-0.25, -0.2) is 4.39 Å². The predicted molar refractivity (Wildman–Crippen MR) is 90.0 cm³/mol. The van der Waals surface area contributed by atoms with Crippen molar-refractivity contribution >= 4 is 11.6 Å². The van der Waals surface area contributed by atoms with Gasteiger partial charge >= 0.3 is 0 Å². The number of carbonyl (C=O) groups is 1. The Morgan fingerprint density at radius 3 is 2.48 bits per heavy atom. The van der Waals surface area contributed by atoms with Crippen LogP contribution in [0.3, 0.4) is 0 Å². The minimum absolute atomic E-state index is 0.0315. The Labute approximate surface area is 143 Å². The second-order valence-electron chi connectivity index (χ2n) is 5.33. The maximum absolute atomic E-state index is 12.9. The standard InChI is InChI=1S/C19H16FNO4/c20-14-5-3-13(4-6-14)17(22)12-25-16-9-7-15(8-10-16)21-19(23)18-2-1-11-24-18/h1-11,17,22H,12H2,(H,21,23)/t17-/m0/s1. The summed E-state index contributed by atoms with van der Waals surface area (Å²) < 4.78 is 23.4. The zero-order chi connectivity index (χ0) is 17.6. The van der Waals surface area contributed by atoms with Crippen LogP contribution in [0.1, 0.15) is 22.2 Å². The van der Waals surface area contributed by atoms with Crippen molar-refractivity contribution in [1.82, 2.24) is 0 Å². The Hall–Kier alpha value is -3.12. The van der Waals surface area contributed by atoms with Gasteiger partial charge in [0, 0.05) is 5.69 Å². The third kappa shape index (κ3) is 4.45. The predicted octanol–water partition coefficient (Wildman–Crippen LogP) is 3.78. The molecule has 0 spiro atoms. The van der Waals surface area contributed by atoms with E-state index < -0.39 is 6.10 Å². The normalized spacial score (nSPS) is 11.8. The highest BCUT2D eigenvalue weighted by atomic mass is 19.1. The molecule has 5 nitrogen and oxygen atoms in total. The number of carbonyl (C=O) groups excluding carboxylic acids is 1. The summed E-state index contributed by atoms with van der Waals surface area (Å²) in [6.07, 6.45) is 0.567. The van der Waals surface area contributed by atoms with E-state index in [1.165, 1.54) is 30.5 Å². The third-order valence-corrected chi connectivity index (χ3v) is 3.52. The van der Waals surface area contributed by atoms with Crippen LogP contribution in [0.25, 0.3) is 0 Å². The van der Waals surface area contributed by atoms with Crippen LogP contribution in [0.2, 0.25) is 0 Å². The van der Waals surface area contributed by atoms with Crippen LogP contribution in [0.15, 0.2) is 71.3 Å². The second-order valence-corrected chi connectivity index (χ2v) is 5.33. The van der Waals surface area contributed by atoms with Gasteiger partial charge in [-0.3, -0.25) is 4.79 Å². The summed E-state index contributed by atoms with van der Waals surface area (Å²) in [4.78, 5) is 11.9. The molecule has 0 aliphatic heterocycles. The highest BCUT2D eigenvalue weighted by molar-refractivity contribution is 6.02. The van der Waals surface area contributed by atoms with E-state index in [1.807, 2.05) is 0 Å². The number of rotatable bonds is 6.